The number of sulfonamides is 2. The monoisotopic (exact) mass is 383 g/mol. The van der Waals surface area contributed by atoms with Crippen molar-refractivity contribution in [3.8, 4) is 0 Å². The van der Waals surface area contributed by atoms with Gasteiger partial charge in [0, 0.05) is 6.04 Å². The number of primary sulfonamides is 1. The van der Waals surface area contributed by atoms with Gasteiger partial charge in [0.15, 0.2) is 0 Å². The van der Waals surface area contributed by atoms with Gasteiger partial charge in [0.1, 0.15) is 0 Å². The van der Waals surface area contributed by atoms with Crippen LogP contribution in [0, 0.1) is 5.92 Å². The third-order valence-electron chi connectivity index (χ3n) is 3.96. The Morgan fingerprint density at radius 3 is 2.30 bits per heavy atom. The van der Waals surface area contributed by atoms with Crippen LogP contribution in [-0.4, -0.2) is 29.4 Å². The highest BCUT2D eigenvalue weighted by Crippen LogP contribution is 2.25. The second-order valence-electron chi connectivity index (χ2n) is 5.53. The number of hydrogen-bond donors (Lipinski definition) is 3. The van der Waals surface area contributed by atoms with Crippen molar-refractivity contribution in [1.82, 2.24) is 4.72 Å². The van der Waals surface area contributed by atoms with Crippen LogP contribution >= 0.6 is 12.4 Å². The van der Waals surface area contributed by atoms with E-state index >= 15 is 0 Å². The van der Waals surface area contributed by atoms with Gasteiger partial charge in [0.05, 0.1) is 9.79 Å². The van der Waals surface area contributed by atoms with Crippen LogP contribution in [0.2, 0.25) is 0 Å². The average Bonchev–Trinajstić information content (AvgIpc) is 2.47. The number of halogens is 1. The van der Waals surface area contributed by atoms with Crippen molar-refractivity contribution >= 4 is 32.5 Å². The van der Waals surface area contributed by atoms with E-state index in [1.54, 1.807) is 0 Å². The topological polar surface area (TPSA) is 132 Å². The molecule has 7 nitrogen and oxygen atoms in total. The minimum atomic E-state index is -3.95. The molecule has 0 saturated heterocycles. The van der Waals surface area contributed by atoms with Gasteiger partial charge < -0.3 is 5.73 Å². The molecule has 1 saturated carbocycles. The molecule has 10 heteroatoms. The SMILES string of the molecule is Cl.NCC1CCCCC1NS(=O)(=O)c1cccc(S(N)(=O)=O)c1. The Hall–Kier alpha value is -0.710. The first kappa shape index (κ1) is 20.3. The number of benzene rings is 1. The summed E-state index contributed by atoms with van der Waals surface area (Å²) in [5.41, 5.74) is 5.70. The summed E-state index contributed by atoms with van der Waals surface area (Å²) in [4.78, 5) is -0.338. The molecule has 0 amide bonds. The van der Waals surface area contributed by atoms with E-state index in [-0.39, 0.29) is 34.2 Å². The Morgan fingerprint density at radius 1 is 1.09 bits per heavy atom. The van der Waals surface area contributed by atoms with Gasteiger partial charge in [0.25, 0.3) is 0 Å². The van der Waals surface area contributed by atoms with Crippen molar-refractivity contribution in [2.24, 2.45) is 16.8 Å². The molecule has 1 aromatic rings. The second-order valence-corrected chi connectivity index (χ2v) is 8.80. The Balaban J connectivity index is 0.00000264. The van der Waals surface area contributed by atoms with Crippen LogP contribution in [0.15, 0.2) is 34.1 Å². The van der Waals surface area contributed by atoms with E-state index in [1.165, 1.54) is 18.2 Å². The lowest BCUT2D eigenvalue weighted by molar-refractivity contribution is 0.296. The van der Waals surface area contributed by atoms with Gasteiger partial charge >= 0.3 is 0 Å². The molecular weight excluding hydrogens is 362 g/mol. The molecule has 5 N–H and O–H groups in total. The first-order valence-electron chi connectivity index (χ1n) is 7.09. The van der Waals surface area contributed by atoms with Gasteiger partial charge in [0.2, 0.25) is 20.0 Å². The molecule has 1 aromatic carbocycles. The summed E-state index contributed by atoms with van der Waals surface area (Å²) >= 11 is 0. The molecule has 0 aliphatic heterocycles. The lowest BCUT2D eigenvalue weighted by atomic mass is 9.85. The molecule has 2 rings (SSSR count). The minimum Gasteiger partial charge on any atom is -0.330 e. The van der Waals surface area contributed by atoms with Gasteiger partial charge in [-0.2, -0.15) is 0 Å². The summed E-state index contributed by atoms with van der Waals surface area (Å²) in [6.07, 6.45) is 3.61. The fourth-order valence-electron chi connectivity index (χ4n) is 2.73. The Morgan fingerprint density at radius 2 is 1.70 bits per heavy atom. The van der Waals surface area contributed by atoms with Crippen molar-refractivity contribution in [3.05, 3.63) is 24.3 Å². The van der Waals surface area contributed by atoms with Gasteiger partial charge in [-0.15, -0.1) is 12.4 Å². The van der Waals surface area contributed by atoms with Crippen LogP contribution in [-0.2, 0) is 20.0 Å². The van der Waals surface area contributed by atoms with E-state index in [9.17, 15) is 16.8 Å². The number of nitrogens with two attached hydrogens (primary N) is 2. The lowest BCUT2D eigenvalue weighted by Gasteiger charge is -2.31. The molecule has 1 fully saturated rings. The maximum atomic E-state index is 12.5. The largest absolute Gasteiger partial charge is 0.330 e. The summed E-state index contributed by atoms with van der Waals surface area (Å²) in [6.45, 7) is 0.421. The fourth-order valence-corrected chi connectivity index (χ4v) is 4.75. The third kappa shape index (κ3) is 5.13. The first-order valence-corrected chi connectivity index (χ1v) is 10.1. The van der Waals surface area contributed by atoms with Crippen LogP contribution in [0.4, 0.5) is 0 Å². The molecule has 2 atom stereocenters. The molecule has 0 bridgehead atoms. The molecule has 1 aliphatic rings. The van der Waals surface area contributed by atoms with Crippen molar-refractivity contribution in [3.63, 3.8) is 0 Å². The quantitative estimate of drug-likeness (QED) is 0.682. The minimum absolute atomic E-state index is 0. The van der Waals surface area contributed by atoms with Crippen LogP contribution in [0.5, 0.6) is 0 Å². The van der Waals surface area contributed by atoms with Gasteiger partial charge in [-0.1, -0.05) is 18.9 Å². The van der Waals surface area contributed by atoms with E-state index in [2.05, 4.69) is 4.72 Å². The highest BCUT2D eigenvalue weighted by atomic mass is 35.5. The maximum Gasteiger partial charge on any atom is 0.240 e. The van der Waals surface area contributed by atoms with Gasteiger partial charge in [-0.05, 0) is 43.5 Å². The van der Waals surface area contributed by atoms with Crippen molar-refractivity contribution in [2.45, 2.75) is 41.5 Å². The van der Waals surface area contributed by atoms with E-state index < -0.39 is 20.0 Å². The van der Waals surface area contributed by atoms with Gasteiger partial charge in [-0.3, -0.25) is 0 Å². The fraction of sp³-hybridized carbons (Fsp3) is 0.538. The zero-order chi connectivity index (χ0) is 16.4. The van der Waals surface area contributed by atoms with E-state index in [0.717, 1.165) is 31.7 Å². The van der Waals surface area contributed by atoms with Crippen molar-refractivity contribution in [1.29, 1.82) is 0 Å². The zero-order valence-electron chi connectivity index (χ0n) is 12.5. The highest BCUT2D eigenvalue weighted by molar-refractivity contribution is 7.90. The highest BCUT2D eigenvalue weighted by Gasteiger charge is 2.29. The van der Waals surface area contributed by atoms with Crippen LogP contribution in [0.3, 0.4) is 0 Å². The predicted octanol–water partition coefficient (Wildman–Crippen LogP) is 0.552. The number of hydrogen-bond acceptors (Lipinski definition) is 5. The van der Waals surface area contributed by atoms with Crippen LogP contribution in [0.25, 0.3) is 0 Å². The zero-order valence-corrected chi connectivity index (χ0v) is 15.0. The molecular formula is C13H22ClN3O4S2. The molecule has 1 aliphatic carbocycles. The van der Waals surface area contributed by atoms with E-state index in [4.69, 9.17) is 10.9 Å². The molecule has 0 spiro atoms. The Labute approximate surface area is 143 Å². The maximum absolute atomic E-state index is 12.5. The molecule has 23 heavy (non-hydrogen) atoms. The predicted molar refractivity (Wildman–Crippen MR) is 90.2 cm³/mol. The van der Waals surface area contributed by atoms with Crippen LogP contribution < -0.4 is 15.6 Å². The van der Waals surface area contributed by atoms with Crippen molar-refractivity contribution in [2.75, 3.05) is 6.54 Å². The molecule has 2 unspecified atom stereocenters. The standard InChI is InChI=1S/C13H21N3O4S2.ClH/c14-9-10-4-1-2-7-13(10)16-22(19,20)12-6-3-5-11(8-12)21(15,17)18;/h3,5-6,8,10,13,16H,1-2,4,7,9,14H2,(H2,15,17,18);1H. The number of rotatable bonds is 5. The first-order chi connectivity index (χ1) is 10.2. The molecule has 0 radical (unpaired) electrons. The number of nitrogens with one attached hydrogen (secondary N) is 1. The molecule has 0 heterocycles. The van der Waals surface area contributed by atoms with E-state index in [0.29, 0.717) is 6.54 Å². The smallest absolute Gasteiger partial charge is 0.240 e. The Kier molecular flexibility index (Phi) is 6.99. The van der Waals surface area contributed by atoms with Crippen molar-refractivity contribution < 1.29 is 16.8 Å². The summed E-state index contributed by atoms with van der Waals surface area (Å²) in [5, 5.41) is 5.04. The van der Waals surface area contributed by atoms with E-state index in [1.807, 2.05) is 0 Å². The normalized spacial score (nSPS) is 22.3. The summed E-state index contributed by atoms with van der Waals surface area (Å²) in [7, 11) is -7.76. The lowest BCUT2D eigenvalue weighted by Crippen LogP contribution is -2.44. The summed E-state index contributed by atoms with van der Waals surface area (Å²) in [6, 6.07) is 4.81. The molecule has 0 aromatic heterocycles. The molecule has 132 valence electrons. The Bertz CT molecular complexity index is 737. The summed E-state index contributed by atoms with van der Waals surface area (Å²) in [5.74, 6) is 0.102. The average molecular weight is 384 g/mol. The second kappa shape index (κ2) is 7.91. The van der Waals surface area contributed by atoms with Crippen LogP contribution in [0.1, 0.15) is 25.7 Å². The third-order valence-corrected chi connectivity index (χ3v) is 6.36. The summed E-state index contributed by atoms with van der Waals surface area (Å²) < 4.78 is 50.2. The van der Waals surface area contributed by atoms with Gasteiger partial charge in [-0.25, -0.2) is 26.7 Å².